The Morgan fingerprint density at radius 1 is 1.35 bits per heavy atom. The van der Waals surface area contributed by atoms with Crippen molar-refractivity contribution >= 4 is 18.4 Å². The van der Waals surface area contributed by atoms with Crippen molar-refractivity contribution < 1.29 is 0 Å². The molecule has 0 amide bonds. The van der Waals surface area contributed by atoms with Gasteiger partial charge in [-0.05, 0) is 11.8 Å². The summed E-state index contributed by atoms with van der Waals surface area (Å²) in [5.41, 5.74) is 7.51. The molecule has 1 fully saturated rings. The van der Waals surface area contributed by atoms with E-state index in [1.54, 1.807) is 0 Å². The van der Waals surface area contributed by atoms with E-state index in [2.05, 4.69) is 28.7 Å². The van der Waals surface area contributed by atoms with Crippen molar-refractivity contribution in [1.82, 2.24) is 14.9 Å². The maximum Gasteiger partial charge on any atom is 0.224 e. The highest BCUT2D eigenvalue weighted by atomic mass is 35.5. The molecule has 1 aliphatic rings. The van der Waals surface area contributed by atoms with Crippen LogP contribution in [0.25, 0.3) is 0 Å². The summed E-state index contributed by atoms with van der Waals surface area (Å²) in [7, 11) is 3.90. The second-order valence-corrected chi connectivity index (χ2v) is 6.38. The number of nitrogens with two attached hydrogens (primary N) is 1. The number of likely N-dealkylation sites (tertiary alicyclic amines) is 1. The molecule has 1 atom stereocenters. The maximum absolute atomic E-state index is 6.16. The van der Waals surface area contributed by atoms with Crippen LogP contribution in [0.3, 0.4) is 0 Å². The van der Waals surface area contributed by atoms with E-state index < -0.39 is 0 Å². The fourth-order valence-electron chi connectivity index (χ4n) is 2.54. The molecular weight excluding hydrogens is 274 g/mol. The van der Waals surface area contributed by atoms with Gasteiger partial charge in [0.2, 0.25) is 5.95 Å². The molecule has 1 aromatic heterocycles. The van der Waals surface area contributed by atoms with Crippen molar-refractivity contribution in [2.45, 2.75) is 32.9 Å². The average Bonchev–Trinajstić information content (AvgIpc) is 2.34. The monoisotopic (exact) mass is 299 g/mol. The van der Waals surface area contributed by atoms with Crippen LogP contribution in [-0.2, 0) is 6.54 Å². The third-order valence-electron chi connectivity index (χ3n) is 3.89. The first-order chi connectivity index (χ1) is 8.88. The molecule has 0 bridgehead atoms. The third-order valence-corrected chi connectivity index (χ3v) is 3.89. The van der Waals surface area contributed by atoms with Gasteiger partial charge < -0.3 is 10.6 Å². The molecule has 0 saturated carbocycles. The molecule has 114 valence electrons. The lowest BCUT2D eigenvalue weighted by atomic mass is 9.79. The van der Waals surface area contributed by atoms with Crippen LogP contribution < -0.4 is 10.6 Å². The second kappa shape index (κ2) is 6.70. The Kier molecular flexibility index (Phi) is 5.74. The molecule has 6 heteroatoms. The quantitative estimate of drug-likeness (QED) is 0.917. The van der Waals surface area contributed by atoms with Crippen LogP contribution in [0.1, 0.15) is 25.8 Å². The first-order valence-electron chi connectivity index (χ1n) is 6.85. The van der Waals surface area contributed by atoms with E-state index in [1.807, 2.05) is 31.4 Å². The van der Waals surface area contributed by atoms with Crippen LogP contribution in [-0.4, -0.2) is 48.1 Å². The molecule has 0 aliphatic carbocycles. The van der Waals surface area contributed by atoms with Crippen molar-refractivity contribution in [2.75, 3.05) is 32.1 Å². The van der Waals surface area contributed by atoms with Crippen molar-refractivity contribution in [2.24, 2.45) is 11.1 Å². The topological polar surface area (TPSA) is 58.3 Å². The Bertz CT molecular complexity index is 418. The zero-order chi connectivity index (χ0) is 14.0. The first-order valence-corrected chi connectivity index (χ1v) is 6.85. The molecule has 5 nitrogen and oxygen atoms in total. The highest BCUT2D eigenvalue weighted by Gasteiger charge is 2.33. The SMILES string of the molecule is CN(C)c1ncc(CN2CCC(N)C(C)(C)C2)cn1.Cl. The van der Waals surface area contributed by atoms with Gasteiger partial charge in [-0.1, -0.05) is 13.8 Å². The van der Waals surface area contributed by atoms with Gasteiger partial charge in [-0.15, -0.1) is 12.4 Å². The Morgan fingerprint density at radius 3 is 2.45 bits per heavy atom. The van der Waals surface area contributed by atoms with Gasteiger partial charge in [-0.3, -0.25) is 4.90 Å². The minimum atomic E-state index is 0. The minimum absolute atomic E-state index is 0. The maximum atomic E-state index is 6.16. The molecule has 1 aromatic rings. The Morgan fingerprint density at radius 2 is 1.95 bits per heavy atom. The van der Waals surface area contributed by atoms with E-state index in [0.29, 0.717) is 6.04 Å². The van der Waals surface area contributed by atoms with Gasteiger partial charge >= 0.3 is 0 Å². The summed E-state index contributed by atoms with van der Waals surface area (Å²) in [6.07, 6.45) is 4.90. The van der Waals surface area contributed by atoms with Crippen molar-refractivity contribution in [3.63, 3.8) is 0 Å². The largest absolute Gasteiger partial charge is 0.347 e. The normalized spacial score (nSPS) is 22.1. The summed E-state index contributed by atoms with van der Waals surface area (Å²) < 4.78 is 0. The molecule has 20 heavy (non-hydrogen) atoms. The molecule has 2 N–H and O–H groups in total. The summed E-state index contributed by atoms with van der Waals surface area (Å²) in [6, 6.07) is 0.302. The molecule has 1 aliphatic heterocycles. The van der Waals surface area contributed by atoms with Crippen LogP contribution in [0.5, 0.6) is 0 Å². The second-order valence-electron chi connectivity index (χ2n) is 6.38. The van der Waals surface area contributed by atoms with E-state index >= 15 is 0 Å². The number of anilines is 1. The number of nitrogens with zero attached hydrogens (tertiary/aromatic N) is 4. The Balaban J connectivity index is 0.00000200. The molecular formula is C14H26ClN5. The predicted octanol–water partition coefficient (Wildman–Crippen LogP) is 1.52. The van der Waals surface area contributed by atoms with E-state index in [0.717, 1.165) is 37.6 Å². The van der Waals surface area contributed by atoms with Gasteiger partial charge in [0.25, 0.3) is 0 Å². The number of hydrogen-bond donors (Lipinski definition) is 1. The summed E-state index contributed by atoms with van der Waals surface area (Å²) in [5.74, 6) is 0.754. The van der Waals surface area contributed by atoms with E-state index in [4.69, 9.17) is 5.73 Å². The summed E-state index contributed by atoms with van der Waals surface area (Å²) in [4.78, 5) is 13.1. The van der Waals surface area contributed by atoms with Gasteiger partial charge in [0.1, 0.15) is 0 Å². The van der Waals surface area contributed by atoms with Gasteiger partial charge in [0.05, 0.1) is 0 Å². The number of aromatic nitrogens is 2. The van der Waals surface area contributed by atoms with Crippen LogP contribution in [0.15, 0.2) is 12.4 Å². The summed E-state index contributed by atoms with van der Waals surface area (Å²) in [6.45, 7) is 7.48. The molecule has 0 radical (unpaired) electrons. The van der Waals surface area contributed by atoms with Crippen LogP contribution in [0, 0.1) is 5.41 Å². The fraction of sp³-hybridized carbons (Fsp3) is 0.714. The Hall–Kier alpha value is -0.910. The molecule has 2 heterocycles. The zero-order valence-electron chi connectivity index (χ0n) is 12.8. The lowest BCUT2D eigenvalue weighted by molar-refractivity contribution is 0.0897. The number of rotatable bonds is 3. The van der Waals surface area contributed by atoms with Gasteiger partial charge in [0, 0.05) is 57.7 Å². The van der Waals surface area contributed by atoms with Crippen molar-refractivity contribution in [3.8, 4) is 0 Å². The smallest absolute Gasteiger partial charge is 0.224 e. The molecule has 1 unspecified atom stereocenters. The number of hydrogen-bond acceptors (Lipinski definition) is 5. The van der Waals surface area contributed by atoms with Crippen LogP contribution >= 0.6 is 12.4 Å². The summed E-state index contributed by atoms with van der Waals surface area (Å²) in [5, 5.41) is 0. The predicted molar refractivity (Wildman–Crippen MR) is 85.3 cm³/mol. The lowest BCUT2D eigenvalue weighted by Crippen LogP contribution is -2.52. The fourth-order valence-corrected chi connectivity index (χ4v) is 2.54. The van der Waals surface area contributed by atoms with Crippen LogP contribution in [0.4, 0.5) is 5.95 Å². The lowest BCUT2D eigenvalue weighted by Gasteiger charge is -2.42. The number of halogens is 1. The Labute approximate surface area is 128 Å². The van der Waals surface area contributed by atoms with E-state index in [1.165, 1.54) is 0 Å². The molecule has 0 spiro atoms. The molecule has 2 rings (SSSR count). The molecule has 0 aromatic carbocycles. The van der Waals surface area contributed by atoms with E-state index in [-0.39, 0.29) is 17.8 Å². The summed E-state index contributed by atoms with van der Waals surface area (Å²) >= 11 is 0. The average molecular weight is 300 g/mol. The zero-order valence-corrected chi connectivity index (χ0v) is 13.7. The standard InChI is InChI=1S/C14H25N5.ClH/c1-14(2)10-19(6-5-12(14)15)9-11-7-16-13(17-8-11)18(3)4;/h7-8,12H,5-6,9-10,15H2,1-4H3;1H. The highest BCUT2D eigenvalue weighted by Crippen LogP contribution is 2.28. The minimum Gasteiger partial charge on any atom is -0.347 e. The van der Waals surface area contributed by atoms with Crippen LogP contribution in [0.2, 0.25) is 0 Å². The highest BCUT2D eigenvalue weighted by molar-refractivity contribution is 5.85. The van der Waals surface area contributed by atoms with Crippen molar-refractivity contribution in [1.29, 1.82) is 0 Å². The van der Waals surface area contributed by atoms with E-state index in [9.17, 15) is 0 Å². The number of piperidine rings is 1. The van der Waals surface area contributed by atoms with Gasteiger partial charge in [-0.25, -0.2) is 9.97 Å². The van der Waals surface area contributed by atoms with Crippen molar-refractivity contribution in [3.05, 3.63) is 18.0 Å². The van der Waals surface area contributed by atoms with Gasteiger partial charge in [-0.2, -0.15) is 0 Å². The third kappa shape index (κ3) is 4.04. The van der Waals surface area contributed by atoms with Gasteiger partial charge in [0.15, 0.2) is 0 Å². The first kappa shape index (κ1) is 17.1. The molecule has 1 saturated heterocycles.